The van der Waals surface area contributed by atoms with Gasteiger partial charge in [-0.2, -0.15) is 0 Å². The number of nitrogens with zero attached hydrogens (tertiary/aromatic N) is 1. The van der Waals surface area contributed by atoms with Gasteiger partial charge in [-0.15, -0.1) is 0 Å². The van der Waals surface area contributed by atoms with Crippen LogP contribution in [0.4, 0.5) is 0 Å². The lowest BCUT2D eigenvalue weighted by Gasteiger charge is -2.33. The van der Waals surface area contributed by atoms with Crippen molar-refractivity contribution < 1.29 is 4.79 Å². The molecule has 1 atom stereocenters. The largest absolute Gasteiger partial charge is 0.342 e. The predicted molar refractivity (Wildman–Crippen MR) is 68.2 cm³/mol. The molecule has 1 aliphatic rings. The van der Waals surface area contributed by atoms with Crippen LogP contribution < -0.4 is 0 Å². The van der Waals surface area contributed by atoms with Crippen LogP contribution in [0, 0.1) is 16.7 Å². The van der Waals surface area contributed by atoms with E-state index in [9.17, 15) is 4.79 Å². The van der Waals surface area contributed by atoms with Crippen molar-refractivity contribution in [3.05, 3.63) is 0 Å². The Morgan fingerprint density at radius 2 is 1.94 bits per heavy atom. The van der Waals surface area contributed by atoms with Gasteiger partial charge in [0.05, 0.1) is 0 Å². The Balaban J connectivity index is 2.75. The molecule has 1 saturated heterocycles. The van der Waals surface area contributed by atoms with Crippen molar-refractivity contribution in [2.24, 2.45) is 16.7 Å². The van der Waals surface area contributed by atoms with Gasteiger partial charge in [-0.05, 0) is 24.2 Å². The summed E-state index contributed by atoms with van der Waals surface area (Å²) in [6.07, 6.45) is 2.35. The molecule has 0 aromatic heterocycles. The molecule has 2 heteroatoms. The van der Waals surface area contributed by atoms with Gasteiger partial charge < -0.3 is 4.90 Å². The molecule has 0 spiro atoms. The Morgan fingerprint density at radius 3 is 2.25 bits per heavy atom. The van der Waals surface area contributed by atoms with Crippen LogP contribution in [0.3, 0.4) is 0 Å². The average Bonchev–Trinajstić information content (AvgIpc) is 2.60. The highest BCUT2D eigenvalue weighted by Gasteiger charge is 2.42. The van der Waals surface area contributed by atoms with Crippen LogP contribution in [0.5, 0.6) is 0 Å². The molecule has 1 heterocycles. The maximum absolute atomic E-state index is 12.2. The molecule has 94 valence electrons. The molecule has 1 fully saturated rings. The lowest BCUT2D eigenvalue weighted by molar-refractivity contribution is -0.138. The molecule has 1 unspecified atom stereocenters. The maximum atomic E-state index is 12.2. The fourth-order valence-corrected chi connectivity index (χ4v) is 2.71. The minimum absolute atomic E-state index is 0.235. The standard InChI is InChI=1S/C14H27NO/c1-7-14(11(2)3)8-9-15(10-14)12(16)13(4,5)6/h11H,7-10H2,1-6H3. The molecular weight excluding hydrogens is 198 g/mol. The fourth-order valence-electron chi connectivity index (χ4n) is 2.71. The van der Waals surface area contributed by atoms with Crippen LogP contribution in [0.2, 0.25) is 0 Å². The molecule has 0 bridgehead atoms. The number of amides is 1. The van der Waals surface area contributed by atoms with Gasteiger partial charge in [0.2, 0.25) is 5.91 Å². The first-order chi connectivity index (χ1) is 7.23. The number of carbonyl (C=O) groups is 1. The van der Waals surface area contributed by atoms with Crippen molar-refractivity contribution in [1.82, 2.24) is 4.90 Å². The predicted octanol–water partition coefficient (Wildman–Crippen LogP) is 3.32. The van der Waals surface area contributed by atoms with Gasteiger partial charge in [0, 0.05) is 18.5 Å². The van der Waals surface area contributed by atoms with E-state index in [1.54, 1.807) is 0 Å². The van der Waals surface area contributed by atoms with E-state index >= 15 is 0 Å². The van der Waals surface area contributed by atoms with Gasteiger partial charge in [-0.25, -0.2) is 0 Å². The van der Waals surface area contributed by atoms with Crippen LogP contribution in [-0.4, -0.2) is 23.9 Å². The molecule has 1 rings (SSSR count). The Hall–Kier alpha value is -0.530. The number of likely N-dealkylation sites (tertiary alicyclic amines) is 1. The van der Waals surface area contributed by atoms with Crippen molar-refractivity contribution in [2.45, 2.75) is 54.4 Å². The Kier molecular flexibility index (Phi) is 3.71. The van der Waals surface area contributed by atoms with Crippen molar-refractivity contribution in [3.63, 3.8) is 0 Å². The highest BCUT2D eigenvalue weighted by molar-refractivity contribution is 5.81. The van der Waals surface area contributed by atoms with Gasteiger partial charge in [0.1, 0.15) is 0 Å². The maximum Gasteiger partial charge on any atom is 0.227 e. The number of rotatable bonds is 2. The first kappa shape index (κ1) is 13.5. The molecule has 0 N–H and O–H groups in total. The molecular formula is C14H27NO. The summed E-state index contributed by atoms with van der Waals surface area (Å²) in [6, 6.07) is 0. The summed E-state index contributed by atoms with van der Waals surface area (Å²) in [5, 5.41) is 0. The quantitative estimate of drug-likeness (QED) is 0.706. The third kappa shape index (κ3) is 2.41. The molecule has 1 amide bonds. The molecule has 0 aliphatic carbocycles. The van der Waals surface area contributed by atoms with E-state index in [4.69, 9.17) is 0 Å². The average molecular weight is 225 g/mol. The van der Waals surface area contributed by atoms with Crippen LogP contribution in [0.1, 0.15) is 54.4 Å². The molecule has 16 heavy (non-hydrogen) atoms. The van der Waals surface area contributed by atoms with Gasteiger partial charge in [0.15, 0.2) is 0 Å². The van der Waals surface area contributed by atoms with Crippen molar-refractivity contribution in [1.29, 1.82) is 0 Å². The SMILES string of the molecule is CCC1(C(C)C)CCN(C(=O)C(C)(C)C)C1. The van der Waals surface area contributed by atoms with Crippen LogP contribution in [0.15, 0.2) is 0 Å². The second kappa shape index (κ2) is 4.38. The van der Waals surface area contributed by atoms with E-state index in [0.29, 0.717) is 17.2 Å². The van der Waals surface area contributed by atoms with Crippen molar-refractivity contribution in [3.8, 4) is 0 Å². The van der Waals surface area contributed by atoms with Crippen molar-refractivity contribution in [2.75, 3.05) is 13.1 Å². The van der Waals surface area contributed by atoms with Crippen LogP contribution >= 0.6 is 0 Å². The smallest absolute Gasteiger partial charge is 0.227 e. The Morgan fingerprint density at radius 1 is 1.38 bits per heavy atom. The summed E-state index contributed by atoms with van der Waals surface area (Å²) in [4.78, 5) is 14.3. The summed E-state index contributed by atoms with van der Waals surface area (Å²) in [5.74, 6) is 0.971. The molecule has 0 aromatic rings. The van der Waals surface area contributed by atoms with Gasteiger partial charge in [0.25, 0.3) is 0 Å². The summed E-state index contributed by atoms with van der Waals surface area (Å²) in [7, 11) is 0. The van der Waals surface area contributed by atoms with E-state index in [-0.39, 0.29) is 5.41 Å². The first-order valence-corrected chi connectivity index (χ1v) is 6.52. The summed E-state index contributed by atoms with van der Waals surface area (Å²) >= 11 is 0. The topological polar surface area (TPSA) is 20.3 Å². The number of hydrogen-bond acceptors (Lipinski definition) is 1. The van der Waals surface area contributed by atoms with Gasteiger partial charge >= 0.3 is 0 Å². The highest BCUT2D eigenvalue weighted by Crippen LogP contribution is 2.41. The fraction of sp³-hybridized carbons (Fsp3) is 0.929. The summed E-state index contributed by atoms with van der Waals surface area (Å²) in [6.45, 7) is 14.8. The first-order valence-electron chi connectivity index (χ1n) is 6.52. The zero-order valence-electron chi connectivity index (χ0n) is 11.8. The second-order valence-corrected chi connectivity index (χ2v) is 6.60. The number of carbonyl (C=O) groups excluding carboxylic acids is 1. The van der Waals surface area contributed by atoms with E-state index in [0.717, 1.165) is 13.1 Å². The summed E-state index contributed by atoms with van der Waals surface area (Å²) < 4.78 is 0. The summed E-state index contributed by atoms with van der Waals surface area (Å²) in [5.41, 5.74) is 0.127. The van der Waals surface area contributed by atoms with Crippen LogP contribution in [0.25, 0.3) is 0 Å². The molecule has 1 aliphatic heterocycles. The molecule has 2 nitrogen and oxygen atoms in total. The Bertz CT molecular complexity index is 264. The zero-order valence-corrected chi connectivity index (χ0v) is 11.8. The van der Waals surface area contributed by atoms with Gasteiger partial charge in [-0.3, -0.25) is 4.79 Å². The highest BCUT2D eigenvalue weighted by atomic mass is 16.2. The van der Waals surface area contributed by atoms with Gasteiger partial charge in [-0.1, -0.05) is 41.5 Å². The zero-order chi connectivity index (χ0) is 12.6. The molecule has 0 radical (unpaired) electrons. The van der Waals surface area contributed by atoms with Crippen LogP contribution in [-0.2, 0) is 4.79 Å². The minimum Gasteiger partial charge on any atom is -0.342 e. The molecule has 0 saturated carbocycles. The van der Waals surface area contributed by atoms with E-state index in [2.05, 4.69) is 25.7 Å². The third-order valence-corrected chi connectivity index (χ3v) is 4.24. The van der Waals surface area contributed by atoms with Crippen molar-refractivity contribution >= 4 is 5.91 Å². The Labute approximate surface area is 100 Å². The van der Waals surface area contributed by atoms with E-state index in [1.165, 1.54) is 12.8 Å². The number of hydrogen-bond donors (Lipinski definition) is 0. The minimum atomic E-state index is -0.235. The third-order valence-electron chi connectivity index (χ3n) is 4.24. The van der Waals surface area contributed by atoms with E-state index in [1.807, 2.05) is 20.8 Å². The lowest BCUT2D eigenvalue weighted by Crippen LogP contribution is -2.40. The lowest BCUT2D eigenvalue weighted by atomic mass is 9.74. The molecule has 0 aromatic carbocycles. The second-order valence-electron chi connectivity index (χ2n) is 6.60. The van der Waals surface area contributed by atoms with E-state index < -0.39 is 0 Å². The normalized spacial score (nSPS) is 26.6. The monoisotopic (exact) mass is 225 g/mol.